The van der Waals surface area contributed by atoms with E-state index in [-0.39, 0.29) is 0 Å². The second kappa shape index (κ2) is 4.58. The number of likely N-dealkylation sites (tertiary alicyclic amines) is 1. The fourth-order valence-corrected chi connectivity index (χ4v) is 2.27. The van der Waals surface area contributed by atoms with Gasteiger partial charge in [-0.15, -0.1) is 0 Å². The highest BCUT2D eigenvalue weighted by molar-refractivity contribution is 5.19. The Labute approximate surface area is 85.9 Å². The van der Waals surface area contributed by atoms with Crippen LogP contribution >= 0.6 is 0 Å². The second-order valence-corrected chi connectivity index (χ2v) is 3.89. The third kappa shape index (κ3) is 1.97. The van der Waals surface area contributed by atoms with E-state index in [0.29, 0.717) is 6.04 Å². The Morgan fingerprint density at radius 2 is 2.14 bits per heavy atom. The van der Waals surface area contributed by atoms with E-state index in [1.807, 2.05) is 7.05 Å². The Balaban J connectivity index is 2.10. The molecule has 1 N–H and O–H groups in total. The molecule has 0 radical (unpaired) electrons. The van der Waals surface area contributed by atoms with Gasteiger partial charge in [0.25, 0.3) is 0 Å². The Morgan fingerprint density at radius 3 is 2.86 bits per heavy atom. The first kappa shape index (κ1) is 9.69. The maximum atomic E-state index is 3.24. The van der Waals surface area contributed by atoms with Crippen LogP contribution in [0.1, 0.15) is 24.4 Å². The largest absolute Gasteiger partial charge is 0.307 e. The summed E-state index contributed by atoms with van der Waals surface area (Å²) in [6, 6.07) is 11.4. The summed E-state index contributed by atoms with van der Waals surface area (Å²) in [4.78, 5) is 2.51. The van der Waals surface area contributed by atoms with Crippen LogP contribution < -0.4 is 5.32 Å². The van der Waals surface area contributed by atoms with Gasteiger partial charge in [0.15, 0.2) is 0 Å². The SMILES string of the molecule is CNCN1CCCC1c1ccccc1. The maximum absolute atomic E-state index is 3.24. The standard InChI is InChI=1S/C12H18N2/c1-13-10-14-9-5-8-12(14)11-6-3-2-4-7-11/h2-4,6-7,12-13H,5,8-10H2,1H3. The molecule has 0 aromatic heterocycles. The molecule has 1 saturated heterocycles. The quantitative estimate of drug-likeness (QED) is 0.784. The lowest BCUT2D eigenvalue weighted by atomic mass is 10.1. The zero-order valence-corrected chi connectivity index (χ0v) is 8.74. The zero-order valence-electron chi connectivity index (χ0n) is 8.74. The van der Waals surface area contributed by atoms with Crippen molar-refractivity contribution in [3.63, 3.8) is 0 Å². The second-order valence-electron chi connectivity index (χ2n) is 3.89. The van der Waals surface area contributed by atoms with Gasteiger partial charge >= 0.3 is 0 Å². The topological polar surface area (TPSA) is 15.3 Å². The van der Waals surface area contributed by atoms with Crippen LogP contribution in [0.4, 0.5) is 0 Å². The summed E-state index contributed by atoms with van der Waals surface area (Å²) in [5.74, 6) is 0. The lowest BCUT2D eigenvalue weighted by Crippen LogP contribution is -2.31. The van der Waals surface area contributed by atoms with E-state index in [2.05, 4.69) is 40.5 Å². The molecule has 1 atom stereocenters. The van der Waals surface area contributed by atoms with Crippen molar-refractivity contribution in [3.05, 3.63) is 35.9 Å². The molecular formula is C12H18N2. The summed E-state index contributed by atoms with van der Waals surface area (Å²) in [5.41, 5.74) is 1.46. The molecule has 2 rings (SSSR count). The molecule has 76 valence electrons. The van der Waals surface area contributed by atoms with E-state index >= 15 is 0 Å². The minimum absolute atomic E-state index is 0.628. The molecule has 0 amide bonds. The van der Waals surface area contributed by atoms with Crippen LogP contribution in [0.15, 0.2) is 30.3 Å². The van der Waals surface area contributed by atoms with Gasteiger partial charge < -0.3 is 5.32 Å². The predicted octanol–water partition coefficient (Wildman–Crippen LogP) is 2.00. The molecule has 0 saturated carbocycles. The van der Waals surface area contributed by atoms with Crippen molar-refractivity contribution in [2.75, 3.05) is 20.3 Å². The number of nitrogens with one attached hydrogen (secondary N) is 1. The summed E-state index contributed by atoms with van der Waals surface area (Å²) in [6.07, 6.45) is 2.62. The van der Waals surface area contributed by atoms with Crippen molar-refractivity contribution in [1.29, 1.82) is 0 Å². The Kier molecular flexibility index (Phi) is 3.17. The van der Waals surface area contributed by atoms with Crippen molar-refractivity contribution in [2.45, 2.75) is 18.9 Å². The molecule has 2 heteroatoms. The number of hydrogen-bond donors (Lipinski definition) is 1. The highest BCUT2D eigenvalue weighted by Crippen LogP contribution is 2.30. The Bertz CT molecular complexity index is 271. The average molecular weight is 190 g/mol. The van der Waals surface area contributed by atoms with Crippen LogP contribution in [-0.2, 0) is 0 Å². The number of rotatable bonds is 3. The third-order valence-electron chi connectivity index (χ3n) is 2.91. The summed E-state index contributed by atoms with van der Waals surface area (Å²) in [7, 11) is 2.01. The first-order valence-electron chi connectivity index (χ1n) is 5.35. The van der Waals surface area contributed by atoms with E-state index in [0.717, 1.165) is 6.67 Å². The van der Waals surface area contributed by atoms with Gasteiger partial charge in [0, 0.05) is 19.3 Å². The number of benzene rings is 1. The van der Waals surface area contributed by atoms with Crippen molar-refractivity contribution in [2.24, 2.45) is 0 Å². The van der Waals surface area contributed by atoms with Gasteiger partial charge in [0.2, 0.25) is 0 Å². The summed E-state index contributed by atoms with van der Waals surface area (Å²) in [6.45, 7) is 2.22. The van der Waals surface area contributed by atoms with E-state index in [1.54, 1.807) is 0 Å². The molecule has 1 heterocycles. The van der Waals surface area contributed by atoms with Gasteiger partial charge in [-0.1, -0.05) is 30.3 Å². The molecule has 14 heavy (non-hydrogen) atoms. The molecule has 1 aliphatic rings. The highest BCUT2D eigenvalue weighted by atomic mass is 15.2. The molecule has 0 bridgehead atoms. The van der Waals surface area contributed by atoms with Crippen LogP contribution in [0.5, 0.6) is 0 Å². The minimum Gasteiger partial charge on any atom is -0.307 e. The lowest BCUT2D eigenvalue weighted by molar-refractivity contribution is 0.244. The molecule has 1 aromatic carbocycles. The molecule has 1 aliphatic heterocycles. The average Bonchev–Trinajstić information content (AvgIpc) is 2.68. The fraction of sp³-hybridized carbons (Fsp3) is 0.500. The fourth-order valence-electron chi connectivity index (χ4n) is 2.27. The molecule has 1 aromatic rings. The molecule has 0 spiro atoms. The van der Waals surface area contributed by atoms with Gasteiger partial charge in [0.1, 0.15) is 0 Å². The van der Waals surface area contributed by atoms with Crippen LogP contribution in [0, 0.1) is 0 Å². The summed E-state index contributed by atoms with van der Waals surface area (Å²) in [5, 5.41) is 3.24. The normalized spacial score (nSPS) is 22.8. The van der Waals surface area contributed by atoms with Crippen LogP contribution in [0.3, 0.4) is 0 Å². The van der Waals surface area contributed by atoms with Crippen molar-refractivity contribution < 1.29 is 0 Å². The monoisotopic (exact) mass is 190 g/mol. The number of hydrogen-bond acceptors (Lipinski definition) is 2. The van der Waals surface area contributed by atoms with Gasteiger partial charge in [-0.3, -0.25) is 4.90 Å². The van der Waals surface area contributed by atoms with Gasteiger partial charge in [-0.25, -0.2) is 0 Å². The van der Waals surface area contributed by atoms with Crippen molar-refractivity contribution >= 4 is 0 Å². The molecule has 1 fully saturated rings. The maximum Gasteiger partial charge on any atom is 0.0483 e. The zero-order chi connectivity index (χ0) is 9.80. The molecule has 2 nitrogen and oxygen atoms in total. The smallest absolute Gasteiger partial charge is 0.0483 e. The minimum atomic E-state index is 0.628. The highest BCUT2D eigenvalue weighted by Gasteiger charge is 2.24. The Hall–Kier alpha value is -0.860. The van der Waals surface area contributed by atoms with Crippen molar-refractivity contribution in [3.8, 4) is 0 Å². The van der Waals surface area contributed by atoms with Gasteiger partial charge in [-0.2, -0.15) is 0 Å². The van der Waals surface area contributed by atoms with E-state index < -0.39 is 0 Å². The first-order chi connectivity index (χ1) is 6.92. The predicted molar refractivity (Wildman–Crippen MR) is 59.0 cm³/mol. The molecule has 1 unspecified atom stereocenters. The lowest BCUT2D eigenvalue weighted by Gasteiger charge is -2.24. The summed E-state index contributed by atoms with van der Waals surface area (Å²) >= 11 is 0. The summed E-state index contributed by atoms with van der Waals surface area (Å²) < 4.78 is 0. The van der Waals surface area contributed by atoms with Crippen LogP contribution in [0.25, 0.3) is 0 Å². The molecular weight excluding hydrogens is 172 g/mol. The third-order valence-corrected chi connectivity index (χ3v) is 2.91. The van der Waals surface area contributed by atoms with Crippen LogP contribution in [-0.4, -0.2) is 25.2 Å². The molecule has 0 aliphatic carbocycles. The first-order valence-corrected chi connectivity index (χ1v) is 5.35. The number of nitrogens with zero attached hydrogens (tertiary/aromatic N) is 1. The van der Waals surface area contributed by atoms with Crippen molar-refractivity contribution in [1.82, 2.24) is 10.2 Å². The Morgan fingerprint density at radius 1 is 1.36 bits per heavy atom. The van der Waals surface area contributed by atoms with Crippen LogP contribution in [0.2, 0.25) is 0 Å². The van der Waals surface area contributed by atoms with E-state index in [1.165, 1.54) is 24.9 Å². The van der Waals surface area contributed by atoms with E-state index in [4.69, 9.17) is 0 Å². The van der Waals surface area contributed by atoms with Gasteiger partial charge in [0.05, 0.1) is 0 Å². The van der Waals surface area contributed by atoms with Gasteiger partial charge in [-0.05, 0) is 25.5 Å². The van der Waals surface area contributed by atoms with E-state index in [9.17, 15) is 0 Å².